The van der Waals surface area contributed by atoms with Crippen molar-refractivity contribution in [2.24, 2.45) is 16.7 Å². The molecule has 2 aromatic heterocycles. The van der Waals surface area contributed by atoms with Gasteiger partial charge in [0.25, 0.3) is 17.7 Å². The standard InChI is InChI=1S/C50H56N8O7/c1-28(2)57(32-22-34(23-32)64-33-11-12-35-37(24-33)46(63)58(45(35)62)38-13-16-41(59)54-44(38)61)27-29-17-20-56(21-18-29)40-15-10-31(26-53-40)43(60)55-47-49(3,4)48(50(47,5)6)65-39-14-9-30(25-51)42-36(39)8-7-19-52-42/h7-12,14-15,19,24,26,28-29,32,34,38,47-48H,13,16-18,20-23,27H2,1-6H3,(H,55,60)(H,54,59,61). The van der Waals surface area contributed by atoms with E-state index in [0.29, 0.717) is 46.1 Å². The summed E-state index contributed by atoms with van der Waals surface area (Å²) in [6, 6.07) is 17.8. The zero-order chi connectivity index (χ0) is 45.9. The molecule has 2 N–H and O–H groups in total. The molecule has 5 heterocycles. The second kappa shape index (κ2) is 16.9. The first-order valence-electron chi connectivity index (χ1n) is 22.8. The molecule has 4 fully saturated rings. The summed E-state index contributed by atoms with van der Waals surface area (Å²) in [5.74, 6) is 0.293. The van der Waals surface area contributed by atoms with Gasteiger partial charge in [0.1, 0.15) is 41.6 Å². The first kappa shape index (κ1) is 43.8. The molecule has 2 saturated carbocycles. The maximum atomic E-state index is 13.7. The van der Waals surface area contributed by atoms with E-state index in [1.807, 2.05) is 30.3 Å². The fourth-order valence-electron chi connectivity index (χ4n) is 11.2. The lowest BCUT2D eigenvalue weighted by molar-refractivity contribution is -0.163. The number of carbonyl (C=O) groups excluding carboxylic acids is 5. The Kier molecular flexibility index (Phi) is 11.4. The van der Waals surface area contributed by atoms with E-state index in [4.69, 9.17) is 14.5 Å². The van der Waals surface area contributed by atoms with Crippen molar-refractivity contribution in [1.29, 1.82) is 5.26 Å². The minimum Gasteiger partial charge on any atom is -0.490 e. The largest absolute Gasteiger partial charge is 0.490 e. The van der Waals surface area contributed by atoms with Crippen LogP contribution in [0.5, 0.6) is 11.5 Å². The predicted octanol–water partition coefficient (Wildman–Crippen LogP) is 6.05. The lowest BCUT2D eigenvalue weighted by Crippen LogP contribution is -2.74. The number of hydrogen-bond donors (Lipinski definition) is 2. The van der Waals surface area contributed by atoms with Crippen LogP contribution >= 0.6 is 0 Å². The molecule has 2 aromatic carbocycles. The highest BCUT2D eigenvalue weighted by atomic mass is 16.5. The summed E-state index contributed by atoms with van der Waals surface area (Å²) in [4.78, 5) is 79.2. The number of pyridine rings is 2. The molecule has 15 heteroatoms. The Bertz CT molecular complexity index is 2590. The Morgan fingerprint density at radius 2 is 1.68 bits per heavy atom. The number of hydrogen-bond acceptors (Lipinski definition) is 12. The van der Waals surface area contributed by atoms with Crippen LogP contribution in [0.3, 0.4) is 0 Å². The third-order valence-electron chi connectivity index (χ3n) is 14.5. The van der Waals surface area contributed by atoms with E-state index in [0.717, 1.165) is 61.4 Å². The van der Waals surface area contributed by atoms with Gasteiger partial charge in [0, 0.05) is 85.6 Å². The third-order valence-corrected chi connectivity index (χ3v) is 14.5. The third kappa shape index (κ3) is 7.96. The molecule has 5 aliphatic rings. The number of nitriles is 1. The fraction of sp³-hybridized carbons (Fsp3) is 0.480. The molecule has 4 aromatic rings. The molecule has 9 rings (SSSR count). The lowest BCUT2D eigenvalue weighted by Gasteiger charge is -2.63. The maximum absolute atomic E-state index is 13.7. The maximum Gasteiger partial charge on any atom is 0.262 e. The monoisotopic (exact) mass is 880 g/mol. The molecular formula is C50H56N8O7. The Morgan fingerprint density at radius 3 is 2.35 bits per heavy atom. The van der Waals surface area contributed by atoms with Gasteiger partial charge in [-0.3, -0.25) is 44.1 Å². The summed E-state index contributed by atoms with van der Waals surface area (Å²) in [5, 5.41) is 15.9. The van der Waals surface area contributed by atoms with E-state index in [1.165, 1.54) is 0 Å². The highest BCUT2D eigenvalue weighted by molar-refractivity contribution is 6.23. The minimum atomic E-state index is -1.01. The van der Waals surface area contributed by atoms with Crippen LogP contribution in [-0.4, -0.2) is 105 Å². The molecule has 65 heavy (non-hydrogen) atoms. The number of rotatable bonds is 12. The van der Waals surface area contributed by atoms with Crippen molar-refractivity contribution in [1.82, 2.24) is 30.4 Å². The van der Waals surface area contributed by atoms with Crippen molar-refractivity contribution in [2.45, 2.75) is 116 Å². The Morgan fingerprint density at radius 1 is 0.938 bits per heavy atom. The highest BCUT2D eigenvalue weighted by Crippen LogP contribution is 2.56. The zero-order valence-electron chi connectivity index (χ0n) is 37.8. The average molecular weight is 881 g/mol. The van der Waals surface area contributed by atoms with Crippen LogP contribution in [0.25, 0.3) is 10.9 Å². The van der Waals surface area contributed by atoms with Gasteiger partial charge in [0.2, 0.25) is 11.8 Å². The van der Waals surface area contributed by atoms with Gasteiger partial charge in [-0.05, 0) is 93.6 Å². The molecule has 2 aliphatic carbocycles. The summed E-state index contributed by atoms with van der Waals surface area (Å²) in [7, 11) is 0. The van der Waals surface area contributed by atoms with Crippen LogP contribution in [-0.2, 0) is 9.59 Å². The fourth-order valence-corrected chi connectivity index (χ4v) is 11.2. The van der Waals surface area contributed by atoms with Crippen molar-refractivity contribution < 1.29 is 33.4 Å². The lowest BCUT2D eigenvalue weighted by atomic mass is 9.49. The molecule has 5 amide bonds. The number of anilines is 1. The summed E-state index contributed by atoms with van der Waals surface area (Å²) in [6.07, 6.45) is 7.06. The number of benzene rings is 2. The van der Waals surface area contributed by atoms with Crippen molar-refractivity contribution in [3.05, 3.63) is 89.2 Å². The van der Waals surface area contributed by atoms with E-state index >= 15 is 0 Å². The molecule has 338 valence electrons. The molecule has 2 saturated heterocycles. The van der Waals surface area contributed by atoms with Gasteiger partial charge >= 0.3 is 0 Å². The average Bonchev–Trinajstić information content (AvgIpc) is 3.52. The zero-order valence-corrected chi connectivity index (χ0v) is 37.8. The summed E-state index contributed by atoms with van der Waals surface area (Å²) in [5.41, 5.74) is 1.29. The van der Waals surface area contributed by atoms with Crippen molar-refractivity contribution in [2.75, 3.05) is 24.5 Å². The molecule has 1 atom stereocenters. The topological polar surface area (TPSA) is 187 Å². The van der Waals surface area contributed by atoms with Crippen molar-refractivity contribution >= 4 is 46.3 Å². The summed E-state index contributed by atoms with van der Waals surface area (Å²) < 4.78 is 13.0. The number of nitrogens with zero attached hydrogens (tertiary/aromatic N) is 6. The summed E-state index contributed by atoms with van der Waals surface area (Å²) in [6.45, 7) is 15.6. The van der Waals surface area contributed by atoms with Crippen LogP contribution in [0.4, 0.5) is 5.82 Å². The van der Waals surface area contributed by atoms with E-state index < -0.39 is 29.7 Å². The number of aromatic nitrogens is 2. The smallest absolute Gasteiger partial charge is 0.262 e. The predicted molar refractivity (Wildman–Crippen MR) is 241 cm³/mol. The van der Waals surface area contributed by atoms with Gasteiger partial charge in [0.05, 0.1) is 27.8 Å². The van der Waals surface area contributed by atoms with Crippen LogP contribution in [0, 0.1) is 28.1 Å². The normalized spacial score (nSPS) is 24.9. The Hall–Kier alpha value is -6.40. The van der Waals surface area contributed by atoms with E-state index in [1.54, 1.807) is 36.7 Å². The van der Waals surface area contributed by atoms with Crippen LogP contribution in [0.15, 0.2) is 67.0 Å². The highest BCUT2D eigenvalue weighted by Gasteiger charge is 2.64. The van der Waals surface area contributed by atoms with Gasteiger partial charge < -0.3 is 19.7 Å². The second-order valence-corrected chi connectivity index (χ2v) is 19.8. The van der Waals surface area contributed by atoms with Crippen molar-refractivity contribution in [3.63, 3.8) is 0 Å². The van der Waals surface area contributed by atoms with E-state index in [2.05, 4.69) is 73.0 Å². The number of ether oxygens (including phenoxy) is 2. The van der Waals surface area contributed by atoms with E-state index in [9.17, 15) is 29.2 Å². The van der Waals surface area contributed by atoms with Gasteiger partial charge in [-0.2, -0.15) is 5.26 Å². The molecule has 3 aliphatic heterocycles. The molecule has 0 radical (unpaired) electrons. The van der Waals surface area contributed by atoms with Crippen molar-refractivity contribution in [3.8, 4) is 17.6 Å². The Labute approximate surface area is 378 Å². The number of fused-ring (bicyclic) bond motifs is 2. The van der Waals surface area contributed by atoms with E-state index in [-0.39, 0.29) is 59.0 Å². The summed E-state index contributed by atoms with van der Waals surface area (Å²) >= 11 is 0. The molecule has 15 nitrogen and oxygen atoms in total. The quantitative estimate of drug-likeness (QED) is 0.157. The van der Waals surface area contributed by atoms with Gasteiger partial charge in [-0.15, -0.1) is 0 Å². The number of nitrogens with one attached hydrogen (secondary N) is 2. The molecule has 0 bridgehead atoms. The molecule has 1 unspecified atom stereocenters. The minimum absolute atomic E-state index is 0.0209. The second-order valence-electron chi connectivity index (χ2n) is 19.8. The first-order chi connectivity index (χ1) is 31.0. The number of imide groups is 2. The van der Waals surface area contributed by atoms with Gasteiger partial charge in [-0.1, -0.05) is 27.7 Å². The first-order valence-corrected chi connectivity index (χ1v) is 22.8. The Balaban J connectivity index is 0.743. The van der Waals surface area contributed by atoms with Gasteiger partial charge in [0.15, 0.2) is 0 Å². The molecule has 0 spiro atoms. The van der Waals surface area contributed by atoms with Crippen LogP contribution in [0.2, 0.25) is 0 Å². The van der Waals surface area contributed by atoms with Gasteiger partial charge in [-0.25, -0.2) is 4.98 Å². The molecular weight excluding hydrogens is 825 g/mol. The number of piperidine rings is 2. The number of amides is 5. The SMILES string of the molecule is CC(C)N(CC1CCN(c2ccc(C(=O)NC3C(C)(C)C(Oc4ccc(C#N)c5ncccc45)C3(C)C)cn2)CC1)C1CC(Oc2ccc3c(c2)C(=O)N(C2CCC(=O)NC2=O)C3=O)C1. The van der Waals surface area contributed by atoms with Crippen LogP contribution in [0.1, 0.15) is 117 Å². The van der Waals surface area contributed by atoms with Crippen LogP contribution < -0.4 is 25.0 Å². The number of carbonyl (C=O) groups is 5.